The number of rotatable bonds is 6. The molecule has 1 N–H and O–H groups in total. The zero-order valence-electron chi connectivity index (χ0n) is 23.4. The Kier molecular flexibility index (Phi) is 7.37. The first-order valence-corrected chi connectivity index (χ1v) is 13.3. The quantitative estimate of drug-likeness (QED) is 0.281. The Morgan fingerprint density at radius 3 is 2.39 bits per heavy atom. The third-order valence-electron chi connectivity index (χ3n) is 6.78. The lowest BCUT2D eigenvalue weighted by Crippen LogP contribution is -2.35. The minimum absolute atomic E-state index is 0.0384. The van der Waals surface area contributed by atoms with Crippen LogP contribution in [0.15, 0.2) is 54.7 Å². The van der Waals surface area contributed by atoms with Crippen LogP contribution in [0.4, 0.5) is 10.5 Å². The minimum Gasteiger partial charge on any atom is -0.476 e. The van der Waals surface area contributed by atoms with E-state index in [9.17, 15) is 14.7 Å². The standard InChI is InChI=1S/C31H31N5O5/c1-19-6-8-22(9-7-19)26-25(21-10-12-23(32-5)13-11-21)34-28(27-33-24(29(37)38)17-36(26)27)40-18-20-14-15-35(16-20)30(39)41-31(2,3)4/h6-13,17,20H,14-16,18H2,1-4H3,(H,37,38)/t20-/m1/s1. The van der Waals surface area contributed by atoms with Gasteiger partial charge in [0.1, 0.15) is 5.60 Å². The molecule has 210 valence electrons. The van der Waals surface area contributed by atoms with Crippen LogP contribution in [-0.2, 0) is 4.74 Å². The van der Waals surface area contributed by atoms with E-state index in [1.165, 1.54) is 6.20 Å². The van der Waals surface area contributed by atoms with Crippen LogP contribution in [0.1, 0.15) is 43.2 Å². The van der Waals surface area contributed by atoms with Crippen molar-refractivity contribution >= 4 is 23.4 Å². The predicted molar refractivity (Wildman–Crippen MR) is 153 cm³/mol. The van der Waals surface area contributed by atoms with Crippen LogP contribution in [0.2, 0.25) is 0 Å². The molecule has 2 aromatic carbocycles. The highest BCUT2D eigenvalue weighted by molar-refractivity contribution is 5.88. The van der Waals surface area contributed by atoms with Gasteiger partial charge in [-0.3, -0.25) is 4.40 Å². The summed E-state index contributed by atoms with van der Waals surface area (Å²) in [5.74, 6) is -0.939. The van der Waals surface area contributed by atoms with Gasteiger partial charge in [-0.1, -0.05) is 54.1 Å². The second-order valence-electron chi connectivity index (χ2n) is 11.2. The van der Waals surface area contributed by atoms with Gasteiger partial charge in [0.05, 0.1) is 24.6 Å². The molecule has 1 atom stereocenters. The lowest BCUT2D eigenvalue weighted by atomic mass is 10.0. The van der Waals surface area contributed by atoms with Crippen molar-refractivity contribution < 1.29 is 24.2 Å². The Labute approximate surface area is 238 Å². The molecule has 4 aromatic rings. The summed E-state index contributed by atoms with van der Waals surface area (Å²) < 4.78 is 13.4. The Morgan fingerprint density at radius 1 is 1.07 bits per heavy atom. The number of aromatic carboxylic acids is 1. The van der Waals surface area contributed by atoms with Crippen LogP contribution in [0.25, 0.3) is 33.0 Å². The van der Waals surface area contributed by atoms with Crippen LogP contribution in [0, 0.1) is 19.4 Å². The van der Waals surface area contributed by atoms with E-state index in [4.69, 9.17) is 21.0 Å². The van der Waals surface area contributed by atoms with Crippen LogP contribution in [0.5, 0.6) is 5.88 Å². The van der Waals surface area contributed by atoms with Crippen LogP contribution in [-0.4, -0.2) is 61.7 Å². The number of hydrogen-bond acceptors (Lipinski definition) is 6. The number of benzene rings is 2. The first-order valence-electron chi connectivity index (χ1n) is 13.3. The molecule has 0 unspecified atom stereocenters. The molecule has 1 aliphatic heterocycles. The summed E-state index contributed by atoms with van der Waals surface area (Å²) in [6.45, 7) is 16.1. The fourth-order valence-electron chi connectivity index (χ4n) is 4.76. The Morgan fingerprint density at radius 2 is 1.76 bits per heavy atom. The Hall–Kier alpha value is -4.91. The summed E-state index contributed by atoms with van der Waals surface area (Å²) in [6, 6.07) is 14.9. The number of carboxylic acid groups (broad SMARTS) is 1. The highest BCUT2D eigenvalue weighted by Gasteiger charge is 2.31. The summed E-state index contributed by atoms with van der Waals surface area (Å²) in [6.07, 6.45) is 1.85. The molecule has 41 heavy (non-hydrogen) atoms. The van der Waals surface area contributed by atoms with E-state index in [0.29, 0.717) is 30.2 Å². The van der Waals surface area contributed by atoms with Crippen molar-refractivity contribution in [2.75, 3.05) is 19.7 Å². The lowest BCUT2D eigenvalue weighted by Gasteiger charge is -2.24. The summed E-state index contributed by atoms with van der Waals surface area (Å²) in [7, 11) is 0. The average molecular weight is 554 g/mol. The number of carbonyl (C=O) groups excluding carboxylic acids is 1. The van der Waals surface area contributed by atoms with E-state index in [1.54, 1.807) is 21.4 Å². The SMILES string of the molecule is [C-]#[N+]c1ccc(-c2nc(OC[C@@H]3CCN(C(=O)OC(C)(C)C)C3)c3nc(C(=O)O)cn3c2-c2ccc(C)cc2)cc1. The molecule has 1 fully saturated rings. The molecule has 0 bridgehead atoms. The fourth-order valence-corrected chi connectivity index (χ4v) is 4.76. The highest BCUT2D eigenvalue weighted by atomic mass is 16.6. The van der Waals surface area contributed by atoms with Crippen molar-refractivity contribution in [2.24, 2.45) is 5.92 Å². The van der Waals surface area contributed by atoms with Gasteiger partial charge in [-0.25, -0.2) is 24.4 Å². The van der Waals surface area contributed by atoms with Crippen molar-refractivity contribution in [1.82, 2.24) is 19.3 Å². The number of fused-ring (bicyclic) bond motifs is 1. The van der Waals surface area contributed by atoms with Gasteiger partial charge in [0.2, 0.25) is 5.65 Å². The highest BCUT2D eigenvalue weighted by Crippen LogP contribution is 2.36. The van der Waals surface area contributed by atoms with Crippen LogP contribution >= 0.6 is 0 Å². The van der Waals surface area contributed by atoms with E-state index in [1.807, 2.05) is 64.1 Å². The first kappa shape index (κ1) is 27.6. The molecular formula is C31H31N5O5. The molecule has 0 spiro atoms. The molecule has 10 nitrogen and oxygen atoms in total. The van der Waals surface area contributed by atoms with Crippen molar-refractivity contribution in [3.05, 3.63) is 77.4 Å². The van der Waals surface area contributed by atoms with E-state index < -0.39 is 11.6 Å². The van der Waals surface area contributed by atoms with E-state index in [0.717, 1.165) is 23.1 Å². The number of likely N-dealkylation sites (tertiary alicyclic amines) is 1. The molecule has 1 aliphatic rings. The summed E-state index contributed by atoms with van der Waals surface area (Å²) in [4.78, 5) is 38.9. The zero-order valence-corrected chi connectivity index (χ0v) is 23.4. The number of carboxylic acids is 1. The second-order valence-corrected chi connectivity index (χ2v) is 11.2. The van der Waals surface area contributed by atoms with Gasteiger partial charge in [-0.15, -0.1) is 0 Å². The number of aryl methyl sites for hydroxylation is 1. The molecule has 0 radical (unpaired) electrons. The van der Waals surface area contributed by atoms with Gasteiger partial charge >= 0.3 is 12.1 Å². The third kappa shape index (κ3) is 5.99. The maximum absolute atomic E-state index is 12.5. The van der Waals surface area contributed by atoms with Crippen molar-refractivity contribution in [1.29, 1.82) is 0 Å². The molecule has 5 rings (SSSR count). The Balaban J connectivity index is 1.55. The maximum atomic E-state index is 12.5. The predicted octanol–water partition coefficient (Wildman–Crippen LogP) is 6.26. The van der Waals surface area contributed by atoms with Gasteiger partial charge in [-0.05, 0) is 39.7 Å². The molecule has 1 amide bonds. The molecule has 2 aromatic heterocycles. The lowest BCUT2D eigenvalue weighted by molar-refractivity contribution is 0.0284. The summed E-state index contributed by atoms with van der Waals surface area (Å²) >= 11 is 0. The molecule has 0 saturated carbocycles. The van der Waals surface area contributed by atoms with Crippen molar-refractivity contribution in [2.45, 2.75) is 39.7 Å². The number of nitrogens with zero attached hydrogens (tertiary/aromatic N) is 5. The van der Waals surface area contributed by atoms with Crippen LogP contribution in [0.3, 0.4) is 0 Å². The van der Waals surface area contributed by atoms with Crippen molar-refractivity contribution in [3.8, 4) is 28.4 Å². The average Bonchev–Trinajstić information content (AvgIpc) is 3.59. The molecule has 10 heteroatoms. The van der Waals surface area contributed by atoms with Gasteiger partial charge in [-0.2, -0.15) is 0 Å². The smallest absolute Gasteiger partial charge is 0.410 e. The van der Waals surface area contributed by atoms with E-state index in [2.05, 4.69) is 9.83 Å². The van der Waals surface area contributed by atoms with E-state index >= 15 is 0 Å². The van der Waals surface area contributed by atoms with Crippen LogP contribution < -0.4 is 4.74 Å². The van der Waals surface area contributed by atoms with Gasteiger partial charge in [0, 0.05) is 30.8 Å². The fraction of sp³-hybridized carbons (Fsp3) is 0.323. The zero-order chi connectivity index (χ0) is 29.3. The third-order valence-corrected chi connectivity index (χ3v) is 6.78. The topological polar surface area (TPSA) is 111 Å². The van der Waals surface area contributed by atoms with Gasteiger partial charge < -0.3 is 19.5 Å². The molecule has 3 heterocycles. The number of imidazole rings is 1. The largest absolute Gasteiger partial charge is 0.476 e. The van der Waals surface area contributed by atoms with Gasteiger partial charge in [0.15, 0.2) is 11.4 Å². The first-order chi connectivity index (χ1) is 19.5. The maximum Gasteiger partial charge on any atom is 0.410 e. The molecule has 1 saturated heterocycles. The monoisotopic (exact) mass is 553 g/mol. The van der Waals surface area contributed by atoms with Crippen molar-refractivity contribution in [3.63, 3.8) is 0 Å². The number of aromatic nitrogens is 3. The van der Waals surface area contributed by atoms with Gasteiger partial charge in [0.25, 0.3) is 5.88 Å². The molecule has 0 aliphatic carbocycles. The molecular weight excluding hydrogens is 522 g/mol. The van der Waals surface area contributed by atoms with E-state index in [-0.39, 0.29) is 35.8 Å². The normalized spacial score (nSPS) is 15.1. The number of amides is 1. The summed E-state index contributed by atoms with van der Waals surface area (Å²) in [5, 5.41) is 9.77. The Bertz CT molecular complexity index is 1650. The second kappa shape index (κ2) is 10.9. The number of carbonyl (C=O) groups is 2. The minimum atomic E-state index is -1.17. The number of ether oxygens (including phenoxy) is 2. The number of hydrogen-bond donors (Lipinski definition) is 1. The summed E-state index contributed by atoms with van der Waals surface area (Å²) in [5.41, 5.74) is 3.91.